The number of rotatable bonds is 3. The van der Waals surface area contributed by atoms with Crippen LogP contribution in [-0.4, -0.2) is 13.7 Å². The molecule has 0 fully saturated rings. The van der Waals surface area contributed by atoms with Crippen LogP contribution in [0.15, 0.2) is 12.1 Å². The molecule has 80 valence electrons. The zero-order valence-corrected chi connectivity index (χ0v) is 9.08. The monoisotopic (exact) mass is 225 g/mol. The van der Waals surface area contributed by atoms with Crippen molar-refractivity contribution in [3.05, 3.63) is 29.1 Å². The van der Waals surface area contributed by atoms with Gasteiger partial charge in [0.15, 0.2) is 0 Å². The third-order valence-electron chi connectivity index (χ3n) is 1.90. The van der Waals surface area contributed by atoms with E-state index in [0.717, 1.165) is 0 Å². The van der Waals surface area contributed by atoms with Crippen LogP contribution >= 0.6 is 0 Å². The van der Waals surface area contributed by atoms with Crippen molar-refractivity contribution in [1.82, 2.24) is 4.98 Å². The normalized spacial score (nSPS) is 14.3. The van der Waals surface area contributed by atoms with E-state index in [1.807, 2.05) is 6.07 Å². The first-order valence-electron chi connectivity index (χ1n) is 4.18. The van der Waals surface area contributed by atoms with Crippen LogP contribution in [-0.2, 0) is 15.5 Å². The summed E-state index contributed by atoms with van der Waals surface area (Å²) in [6.07, 6.45) is -0.594. The maximum atomic E-state index is 10.3. The van der Waals surface area contributed by atoms with Gasteiger partial charge in [0.1, 0.15) is 11.8 Å². The predicted molar refractivity (Wildman–Crippen MR) is 52.1 cm³/mol. The summed E-state index contributed by atoms with van der Waals surface area (Å²) in [6.45, 7) is 3.30. The minimum absolute atomic E-state index is 0.298. The molecule has 1 heterocycles. The summed E-state index contributed by atoms with van der Waals surface area (Å²) in [4.78, 5) is 3.98. The van der Waals surface area contributed by atoms with Gasteiger partial charge < -0.3 is 4.55 Å². The zero-order valence-electron chi connectivity index (χ0n) is 8.26. The van der Waals surface area contributed by atoms with Gasteiger partial charge in [0, 0.05) is 11.3 Å². The first-order chi connectivity index (χ1) is 7.04. The van der Waals surface area contributed by atoms with Crippen molar-refractivity contribution in [2.75, 3.05) is 0 Å². The molecule has 0 aromatic carbocycles. The van der Waals surface area contributed by atoms with Gasteiger partial charge in [0.05, 0.1) is 17.5 Å². The summed E-state index contributed by atoms with van der Waals surface area (Å²) in [5, 5.41) is 8.59. The molecule has 1 aromatic heterocycles. The molecule has 1 aromatic rings. The molecule has 0 aliphatic rings. The largest absolute Gasteiger partial charge is 0.750 e. The molecule has 2 unspecified atom stereocenters. The number of aromatic nitrogens is 1. The molecule has 0 bridgehead atoms. The Morgan fingerprint density at radius 1 is 1.67 bits per heavy atom. The molecule has 5 nitrogen and oxygen atoms in total. The standard InChI is InChI=1S/C9H10N2O3S/c1-6-9(7(2)14-15(12)13)4-3-8(5-10)11-6/h3-4,7H,1-2H3,(H,12,13)/p-1. The molecule has 2 atom stereocenters. The van der Waals surface area contributed by atoms with Crippen molar-refractivity contribution in [1.29, 1.82) is 5.26 Å². The fourth-order valence-corrected chi connectivity index (χ4v) is 1.57. The highest BCUT2D eigenvalue weighted by atomic mass is 32.2. The second-order valence-corrected chi connectivity index (χ2v) is 3.53. The lowest BCUT2D eigenvalue weighted by Crippen LogP contribution is -2.05. The van der Waals surface area contributed by atoms with Gasteiger partial charge in [-0.1, -0.05) is 6.07 Å². The van der Waals surface area contributed by atoms with E-state index in [0.29, 0.717) is 17.0 Å². The number of nitriles is 1. The third kappa shape index (κ3) is 3.09. The molecule has 6 heteroatoms. The van der Waals surface area contributed by atoms with E-state index in [4.69, 9.17) is 5.26 Å². The summed E-state index contributed by atoms with van der Waals surface area (Å²) in [5.41, 5.74) is 1.54. The third-order valence-corrected chi connectivity index (χ3v) is 2.35. The van der Waals surface area contributed by atoms with Gasteiger partial charge in [-0.15, -0.1) is 0 Å². The van der Waals surface area contributed by atoms with Crippen LogP contribution in [0.25, 0.3) is 0 Å². The highest BCUT2D eigenvalue weighted by Gasteiger charge is 2.10. The lowest BCUT2D eigenvalue weighted by molar-refractivity contribution is 0.222. The van der Waals surface area contributed by atoms with E-state index in [-0.39, 0.29) is 0 Å². The molecule has 0 saturated carbocycles. The Hall–Kier alpha value is -1.29. The lowest BCUT2D eigenvalue weighted by Gasteiger charge is -2.15. The van der Waals surface area contributed by atoms with E-state index in [2.05, 4.69) is 9.17 Å². The van der Waals surface area contributed by atoms with Crippen molar-refractivity contribution >= 4 is 11.4 Å². The highest BCUT2D eigenvalue weighted by molar-refractivity contribution is 7.74. The Morgan fingerprint density at radius 2 is 2.33 bits per heavy atom. The average Bonchev–Trinajstić information content (AvgIpc) is 2.16. The van der Waals surface area contributed by atoms with E-state index in [1.165, 1.54) is 6.07 Å². The molecule has 0 saturated heterocycles. The number of aryl methyl sites for hydroxylation is 1. The fraction of sp³-hybridized carbons (Fsp3) is 0.333. The Balaban J connectivity index is 2.96. The Kier molecular flexibility index (Phi) is 3.91. The second-order valence-electron chi connectivity index (χ2n) is 2.93. The molecule has 0 spiro atoms. The van der Waals surface area contributed by atoms with Crippen molar-refractivity contribution in [2.45, 2.75) is 20.0 Å². The smallest absolute Gasteiger partial charge is 0.140 e. The summed E-state index contributed by atoms with van der Waals surface area (Å²) >= 11 is -2.55. The number of nitrogens with zero attached hydrogens (tertiary/aromatic N) is 2. The summed E-state index contributed by atoms with van der Waals surface area (Å²) in [5.74, 6) is 0. The van der Waals surface area contributed by atoms with Gasteiger partial charge in [-0.2, -0.15) is 5.26 Å². The molecular formula is C9H9N2O3S-. The fourth-order valence-electron chi connectivity index (χ4n) is 1.23. The van der Waals surface area contributed by atoms with E-state index in [1.54, 1.807) is 19.9 Å². The van der Waals surface area contributed by atoms with Crippen molar-refractivity contribution in [3.8, 4) is 6.07 Å². The maximum Gasteiger partial charge on any atom is 0.140 e. The van der Waals surface area contributed by atoms with Crippen molar-refractivity contribution < 1.29 is 12.9 Å². The number of hydrogen-bond donors (Lipinski definition) is 0. The SMILES string of the molecule is Cc1nc(C#N)ccc1C(C)OS(=O)[O-]. The van der Waals surface area contributed by atoms with Crippen LogP contribution in [0.2, 0.25) is 0 Å². The first kappa shape index (κ1) is 11.8. The van der Waals surface area contributed by atoms with Gasteiger partial charge in [-0.3, -0.25) is 4.18 Å². The Bertz CT molecular complexity index is 428. The van der Waals surface area contributed by atoms with Crippen LogP contribution < -0.4 is 0 Å². The summed E-state index contributed by atoms with van der Waals surface area (Å²) < 4.78 is 25.2. The molecule has 0 radical (unpaired) electrons. The molecule has 0 N–H and O–H groups in total. The van der Waals surface area contributed by atoms with Gasteiger partial charge in [0.25, 0.3) is 0 Å². The maximum absolute atomic E-state index is 10.3. The topological polar surface area (TPSA) is 86.0 Å². The molecule has 0 amide bonds. The van der Waals surface area contributed by atoms with Crippen LogP contribution in [0.5, 0.6) is 0 Å². The van der Waals surface area contributed by atoms with E-state index < -0.39 is 17.5 Å². The molecule has 15 heavy (non-hydrogen) atoms. The molecule has 1 rings (SSSR count). The molecular weight excluding hydrogens is 216 g/mol. The van der Waals surface area contributed by atoms with E-state index >= 15 is 0 Å². The quantitative estimate of drug-likeness (QED) is 0.720. The minimum Gasteiger partial charge on any atom is -0.750 e. The number of pyridine rings is 1. The van der Waals surface area contributed by atoms with Crippen molar-refractivity contribution in [3.63, 3.8) is 0 Å². The lowest BCUT2D eigenvalue weighted by atomic mass is 10.1. The second kappa shape index (κ2) is 4.98. The Morgan fingerprint density at radius 3 is 2.80 bits per heavy atom. The molecule has 0 aliphatic heterocycles. The van der Waals surface area contributed by atoms with Crippen molar-refractivity contribution in [2.24, 2.45) is 0 Å². The van der Waals surface area contributed by atoms with Gasteiger partial charge in [-0.05, 0) is 19.9 Å². The highest BCUT2D eigenvalue weighted by Crippen LogP contribution is 2.20. The average molecular weight is 225 g/mol. The first-order valence-corrected chi connectivity index (χ1v) is 5.18. The van der Waals surface area contributed by atoms with Crippen LogP contribution in [0.3, 0.4) is 0 Å². The van der Waals surface area contributed by atoms with Gasteiger partial charge in [0.2, 0.25) is 0 Å². The predicted octanol–water partition coefficient (Wildman–Crippen LogP) is 1.13. The van der Waals surface area contributed by atoms with Gasteiger partial charge in [-0.25, -0.2) is 9.19 Å². The Labute approximate surface area is 90.2 Å². The van der Waals surface area contributed by atoms with Crippen LogP contribution in [0.1, 0.15) is 30.0 Å². The van der Waals surface area contributed by atoms with Crippen LogP contribution in [0, 0.1) is 18.3 Å². The minimum atomic E-state index is -2.55. The van der Waals surface area contributed by atoms with Crippen LogP contribution in [0.4, 0.5) is 0 Å². The number of hydrogen-bond acceptors (Lipinski definition) is 5. The van der Waals surface area contributed by atoms with E-state index in [9.17, 15) is 8.76 Å². The zero-order chi connectivity index (χ0) is 11.4. The summed E-state index contributed by atoms with van der Waals surface area (Å²) in [7, 11) is 0. The summed E-state index contributed by atoms with van der Waals surface area (Å²) in [6, 6.07) is 5.06. The molecule has 0 aliphatic carbocycles. The van der Waals surface area contributed by atoms with Gasteiger partial charge >= 0.3 is 0 Å².